The van der Waals surface area contributed by atoms with Crippen LogP contribution in [0, 0.1) is 11.3 Å². The summed E-state index contributed by atoms with van der Waals surface area (Å²) in [6, 6.07) is 17.4. The fourth-order valence-electron chi connectivity index (χ4n) is 3.34. The Labute approximate surface area is 155 Å². The van der Waals surface area contributed by atoms with Crippen molar-refractivity contribution in [2.75, 3.05) is 18.4 Å². The van der Waals surface area contributed by atoms with Crippen molar-refractivity contribution in [3.63, 3.8) is 0 Å². The van der Waals surface area contributed by atoms with E-state index in [9.17, 15) is 4.79 Å². The van der Waals surface area contributed by atoms with Crippen LogP contribution in [0.5, 0.6) is 0 Å². The lowest BCUT2D eigenvalue weighted by Crippen LogP contribution is -2.32. The molecule has 0 unspecified atom stereocenters. The molecule has 1 amide bonds. The average molecular weight is 362 g/mol. The first-order valence-corrected chi connectivity index (χ1v) is 9.44. The van der Waals surface area contributed by atoms with Crippen molar-refractivity contribution in [2.24, 2.45) is 0 Å². The summed E-state index contributed by atoms with van der Waals surface area (Å²) in [4.78, 5) is 19.4. The summed E-state index contributed by atoms with van der Waals surface area (Å²) in [5.41, 5.74) is 2.32. The number of hydrogen-bond donors (Lipinski definition) is 1. The van der Waals surface area contributed by atoms with Crippen LogP contribution in [0.3, 0.4) is 0 Å². The molecule has 0 bridgehead atoms. The molecular weight excluding hydrogens is 344 g/mol. The van der Waals surface area contributed by atoms with Gasteiger partial charge in [-0.3, -0.25) is 9.69 Å². The first-order chi connectivity index (χ1) is 12.7. The van der Waals surface area contributed by atoms with Gasteiger partial charge in [0.2, 0.25) is 5.91 Å². The Morgan fingerprint density at radius 1 is 1.27 bits per heavy atom. The zero-order valence-corrected chi connectivity index (χ0v) is 15.0. The Morgan fingerprint density at radius 2 is 2.08 bits per heavy atom. The summed E-state index contributed by atoms with van der Waals surface area (Å²) in [5.74, 6) is -0.0391. The first-order valence-electron chi connectivity index (χ1n) is 8.62. The van der Waals surface area contributed by atoms with Gasteiger partial charge in [-0.2, -0.15) is 5.26 Å². The highest BCUT2D eigenvalue weighted by Gasteiger charge is 2.30. The summed E-state index contributed by atoms with van der Waals surface area (Å²) in [5, 5.41) is 12.8. The Hall–Kier alpha value is -2.75. The molecule has 5 nitrogen and oxygen atoms in total. The number of carbonyl (C=O) groups is 1. The molecule has 130 valence electrons. The second-order valence-corrected chi connectivity index (χ2v) is 7.45. The smallest absolute Gasteiger partial charge is 0.238 e. The van der Waals surface area contributed by atoms with E-state index in [1.54, 1.807) is 35.6 Å². The maximum atomic E-state index is 12.4. The van der Waals surface area contributed by atoms with E-state index in [-0.39, 0.29) is 11.9 Å². The zero-order chi connectivity index (χ0) is 17.9. The quantitative estimate of drug-likeness (QED) is 0.763. The summed E-state index contributed by atoms with van der Waals surface area (Å²) in [6.45, 7) is 1.25. The molecule has 2 heterocycles. The van der Waals surface area contributed by atoms with Crippen LogP contribution in [-0.4, -0.2) is 28.9 Å². The summed E-state index contributed by atoms with van der Waals surface area (Å²) in [7, 11) is 0. The summed E-state index contributed by atoms with van der Waals surface area (Å²) in [6.07, 6.45) is 2.11. The van der Waals surface area contributed by atoms with Crippen LogP contribution >= 0.6 is 11.3 Å². The standard InChI is InChI=1S/C20H18N4OS/c21-12-14-7-9-15(10-8-14)22-19(25)13-24-11-3-5-17(24)20-23-16-4-1-2-6-18(16)26-20/h1-2,4,6-10,17H,3,5,11,13H2,(H,22,25)/t17-/m0/s1. The van der Waals surface area contributed by atoms with Crippen LogP contribution in [0.15, 0.2) is 48.5 Å². The van der Waals surface area contributed by atoms with Crippen LogP contribution in [0.1, 0.15) is 29.5 Å². The number of aromatic nitrogens is 1. The molecule has 1 aliphatic heterocycles. The van der Waals surface area contributed by atoms with Gasteiger partial charge in [0.05, 0.1) is 34.4 Å². The van der Waals surface area contributed by atoms with Gasteiger partial charge in [0.25, 0.3) is 0 Å². The summed E-state index contributed by atoms with van der Waals surface area (Å²) < 4.78 is 1.19. The minimum atomic E-state index is -0.0391. The van der Waals surface area contributed by atoms with Crippen LogP contribution in [0.25, 0.3) is 10.2 Å². The largest absolute Gasteiger partial charge is 0.325 e. The predicted octanol–water partition coefficient (Wildman–Crippen LogP) is 3.94. The Balaban J connectivity index is 1.44. The normalized spacial score (nSPS) is 17.3. The van der Waals surface area contributed by atoms with Crippen molar-refractivity contribution in [1.29, 1.82) is 5.26 Å². The van der Waals surface area contributed by atoms with Gasteiger partial charge in [-0.25, -0.2) is 4.98 Å². The number of thiazole rings is 1. The second kappa shape index (κ2) is 7.24. The van der Waals surface area contributed by atoms with Gasteiger partial charge in [-0.05, 0) is 55.8 Å². The molecule has 1 aliphatic rings. The van der Waals surface area contributed by atoms with E-state index >= 15 is 0 Å². The van der Waals surface area contributed by atoms with Crippen LogP contribution in [-0.2, 0) is 4.79 Å². The lowest BCUT2D eigenvalue weighted by Gasteiger charge is -2.22. The van der Waals surface area contributed by atoms with E-state index in [0.29, 0.717) is 17.8 Å². The molecule has 1 N–H and O–H groups in total. The first kappa shape index (κ1) is 16.7. The molecule has 6 heteroatoms. The van der Waals surface area contributed by atoms with Crippen molar-refractivity contribution in [2.45, 2.75) is 18.9 Å². The van der Waals surface area contributed by atoms with Crippen LogP contribution in [0.4, 0.5) is 5.69 Å². The number of amides is 1. The van der Waals surface area contributed by atoms with Gasteiger partial charge < -0.3 is 5.32 Å². The van der Waals surface area contributed by atoms with Gasteiger partial charge in [0, 0.05) is 5.69 Å². The molecule has 26 heavy (non-hydrogen) atoms. The third-order valence-corrected chi connectivity index (χ3v) is 5.74. The molecule has 2 aromatic carbocycles. The van der Waals surface area contributed by atoms with Crippen molar-refractivity contribution in [3.8, 4) is 6.07 Å². The fourth-order valence-corrected chi connectivity index (χ4v) is 4.48. The van der Waals surface area contributed by atoms with Crippen LogP contribution in [0.2, 0.25) is 0 Å². The Morgan fingerprint density at radius 3 is 2.85 bits per heavy atom. The van der Waals surface area contributed by atoms with Gasteiger partial charge in [0.1, 0.15) is 5.01 Å². The number of nitriles is 1. The highest BCUT2D eigenvalue weighted by molar-refractivity contribution is 7.18. The van der Waals surface area contributed by atoms with Gasteiger partial charge >= 0.3 is 0 Å². The number of rotatable bonds is 4. The maximum Gasteiger partial charge on any atom is 0.238 e. The van der Waals surface area contributed by atoms with E-state index in [0.717, 1.165) is 29.9 Å². The minimum Gasteiger partial charge on any atom is -0.325 e. The van der Waals surface area contributed by atoms with Crippen molar-refractivity contribution in [3.05, 3.63) is 59.1 Å². The van der Waals surface area contributed by atoms with Crippen molar-refractivity contribution in [1.82, 2.24) is 9.88 Å². The highest BCUT2D eigenvalue weighted by Crippen LogP contribution is 2.36. The fraction of sp³-hybridized carbons (Fsp3) is 0.250. The second-order valence-electron chi connectivity index (χ2n) is 6.39. The molecule has 3 aromatic rings. The average Bonchev–Trinajstić information content (AvgIpc) is 3.28. The monoisotopic (exact) mass is 362 g/mol. The molecule has 1 atom stereocenters. The van der Waals surface area contributed by atoms with Crippen molar-refractivity contribution >= 4 is 33.1 Å². The number of likely N-dealkylation sites (tertiary alicyclic amines) is 1. The molecule has 1 aromatic heterocycles. The van der Waals surface area contributed by atoms with Gasteiger partial charge in [-0.15, -0.1) is 11.3 Å². The lowest BCUT2D eigenvalue weighted by atomic mass is 10.2. The van der Waals surface area contributed by atoms with E-state index in [2.05, 4.69) is 22.4 Å². The maximum absolute atomic E-state index is 12.4. The highest BCUT2D eigenvalue weighted by atomic mass is 32.1. The van der Waals surface area contributed by atoms with E-state index in [4.69, 9.17) is 10.2 Å². The number of benzene rings is 2. The molecule has 1 fully saturated rings. The molecule has 0 aliphatic carbocycles. The van der Waals surface area contributed by atoms with Crippen LogP contribution < -0.4 is 5.32 Å². The number of fused-ring (bicyclic) bond motifs is 1. The number of nitrogens with one attached hydrogen (secondary N) is 1. The topological polar surface area (TPSA) is 69.0 Å². The van der Waals surface area contributed by atoms with Gasteiger partial charge in [-0.1, -0.05) is 12.1 Å². The predicted molar refractivity (Wildman–Crippen MR) is 103 cm³/mol. The van der Waals surface area contributed by atoms with E-state index in [1.165, 1.54) is 4.70 Å². The van der Waals surface area contributed by atoms with E-state index in [1.807, 2.05) is 18.2 Å². The number of hydrogen-bond acceptors (Lipinski definition) is 5. The molecule has 4 rings (SSSR count). The third kappa shape index (κ3) is 3.45. The number of carbonyl (C=O) groups excluding carboxylic acids is 1. The zero-order valence-electron chi connectivity index (χ0n) is 14.2. The number of para-hydroxylation sites is 1. The van der Waals surface area contributed by atoms with Gasteiger partial charge in [0.15, 0.2) is 0 Å². The number of nitrogens with zero attached hydrogens (tertiary/aromatic N) is 3. The SMILES string of the molecule is N#Cc1ccc(NC(=O)CN2CCC[C@H]2c2nc3ccccc3s2)cc1. The Kier molecular flexibility index (Phi) is 4.65. The molecular formula is C20H18N4OS. The molecule has 1 saturated heterocycles. The molecule has 0 radical (unpaired) electrons. The lowest BCUT2D eigenvalue weighted by molar-refractivity contribution is -0.117. The minimum absolute atomic E-state index is 0.0391. The van der Waals surface area contributed by atoms with Crippen molar-refractivity contribution < 1.29 is 4.79 Å². The molecule has 0 saturated carbocycles. The van der Waals surface area contributed by atoms with E-state index < -0.39 is 0 Å². The summed E-state index contributed by atoms with van der Waals surface area (Å²) >= 11 is 1.72. The third-order valence-electron chi connectivity index (χ3n) is 4.60. The number of anilines is 1. The Bertz CT molecular complexity index is 940. The molecule has 0 spiro atoms.